The summed E-state index contributed by atoms with van der Waals surface area (Å²) in [6, 6.07) is 0. The van der Waals surface area contributed by atoms with E-state index >= 15 is 0 Å². The molecular formula is C4H4O6S. The van der Waals surface area contributed by atoms with Crippen molar-refractivity contribution in [2.24, 2.45) is 0 Å². The van der Waals surface area contributed by atoms with Crippen molar-refractivity contribution >= 4 is 22.1 Å². The Morgan fingerprint density at radius 2 is 2.00 bits per heavy atom. The average Bonchev–Trinajstić information content (AvgIpc) is 2.08. The van der Waals surface area contributed by atoms with E-state index in [9.17, 15) is 18.0 Å². The topological polar surface area (TPSA) is 97.7 Å². The predicted octanol–water partition coefficient (Wildman–Crippen LogP) is -1.28. The summed E-state index contributed by atoms with van der Waals surface area (Å²) in [6.07, 6.45) is -0.600. The van der Waals surface area contributed by atoms with Gasteiger partial charge in [-0.15, -0.1) is 0 Å². The van der Waals surface area contributed by atoms with Gasteiger partial charge in [0.15, 0.2) is 5.25 Å². The van der Waals surface area contributed by atoms with E-state index in [4.69, 9.17) is 4.55 Å². The standard InChI is InChI=1S/C4H4O6S/c5-3-1-2(4(6)10-3)11(7,8)9/h2H,1H2,(H,7,8,9). The van der Waals surface area contributed by atoms with Gasteiger partial charge >= 0.3 is 11.9 Å². The second-order valence-electron chi connectivity index (χ2n) is 2.00. The summed E-state index contributed by atoms with van der Waals surface area (Å²) in [7, 11) is -4.48. The maximum atomic E-state index is 10.4. The normalized spacial score (nSPS) is 25.4. The lowest BCUT2D eigenvalue weighted by atomic mass is 10.4. The van der Waals surface area contributed by atoms with E-state index in [1.165, 1.54) is 0 Å². The molecule has 0 amide bonds. The van der Waals surface area contributed by atoms with Crippen LogP contribution >= 0.6 is 0 Å². The largest absolute Gasteiger partial charge is 0.392 e. The number of carbonyl (C=O) groups is 2. The summed E-state index contributed by atoms with van der Waals surface area (Å²) in [5, 5.41) is -1.73. The second-order valence-corrected chi connectivity index (χ2v) is 3.60. The first-order valence-corrected chi connectivity index (χ1v) is 4.12. The molecule has 1 N–H and O–H groups in total. The third-order valence-corrected chi connectivity index (χ3v) is 2.27. The molecule has 62 valence electrons. The van der Waals surface area contributed by atoms with Crippen molar-refractivity contribution in [3.8, 4) is 0 Å². The molecule has 7 heteroatoms. The third kappa shape index (κ3) is 1.55. The third-order valence-electron chi connectivity index (χ3n) is 1.19. The second kappa shape index (κ2) is 2.28. The molecule has 0 spiro atoms. The van der Waals surface area contributed by atoms with E-state index in [1.807, 2.05) is 0 Å². The first kappa shape index (κ1) is 8.15. The summed E-state index contributed by atoms with van der Waals surface area (Å²) in [6.45, 7) is 0. The summed E-state index contributed by atoms with van der Waals surface area (Å²) < 4.78 is 32.8. The smallest absolute Gasteiger partial charge is 0.335 e. The van der Waals surface area contributed by atoms with Gasteiger partial charge in [0.2, 0.25) is 0 Å². The molecule has 1 atom stereocenters. The van der Waals surface area contributed by atoms with Crippen molar-refractivity contribution < 1.29 is 27.3 Å². The summed E-state index contributed by atoms with van der Waals surface area (Å²) >= 11 is 0. The van der Waals surface area contributed by atoms with Crippen LogP contribution in [-0.4, -0.2) is 30.2 Å². The number of ether oxygens (including phenoxy) is 1. The van der Waals surface area contributed by atoms with E-state index in [0.29, 0.717) is 0 Å². The lowest BCUT2D eigenvalue weighted by Gasteiger charge is -1.96. The van der Waals surface area contributed by atoms with Crippen LogP contribution in [0.5, 0.6) is 0 Å². The molecule has 0 radical (unpaired) electrons. The van der Waals surface area contributed by atoms with Crippen LogP contribution < -0.4 is 0 Å². The van der Waals surface area contributed by atoms with Crippen molar-refractivity contribution in [2.45, 2.75) is 11.7 Å². The molecule has 0 aliphatic carbocycles. The zero-order valence-corrected chi connectivity index (χ0v) is 6.00. The van der Waals surface area contributed by atoms with E-state index in [-0.39, 0.29) is 0 Å². The number of carbonyl (C=O) groups excluding carboxylic acids is 2. The molecule has 0 aromatic heterocycles. The van der Waals surface area contributed by atoms with E-state index in [1.54, 1.807) is 0 Å². The van der Waals surface area contributed by atoms with Crippen LogP contribution in [0.15, 0.2) is 0 Å². The van der Waals surface area contributed by atoms with Crippen LogP contribution in [0.1, 0.15) is 6.42 Å². The monoisotopic (exact) mass is 180 g/mol. The van der Waals surface area contributed by atoms with Crippen LogP contribution in [0.3, 0.4) is 0 Å². The average molecular weight is 180 g/mol. The Morgan fingerprint density at radius 1 is 1.45 bits per heavy atom. The van der Waals surface area contributed by atoms with Crippen molar-refractivity contribution in [2.75, 3.05) is 0 Å². The molecule has 1 heterocycles. The zero-order valence-electron chi connectivity index (χ0n) is 5.18. The van der Waals surface area contributed by atoms with Crippen LogP contribution in [0.4, 0.5) is 0 Å². The fourth-order valence-corrected chi connectivity index (χ4v) is 1.32. The molecule has 0 aromatic rings. The van der Waals surface area contributed by atoms with Crippen molar-refractivity contribution in [3.63, 3.8) is 0 Å². The fourth-order valence-electron chi connectivity index (χ4n) is 0.681. The Hall–Kier alpha value is -0.950. The molecule has 1 saturated heterocycles. The first-order chi connectivity index (χ1) is 4.91. The van der Waals surface area contributed by atoms with Gasteiger partial charge in [0.1, 0.15) is 0 Å². The van der Waals surface area contributed by atoms with E-state index in [0.717, 1.165) is 0 Å². The molecule has 1 unspecified atom stereocenters. The van der Waals surface area contributed by atoms with Gasteiger partial charge in [0.05, 0.1) is 6.42 Å². The van der Waals surface area contributed by atoms with Crippen LogP contribution in [0.25, 0.3) is 0 Å². The summed E-state index contributed by atoms with van der Waals surface area (Å²) in [4.78, 5) is 20.7. The van der Waals surface area contributed by atoms with E-state index in [2.05, 4.69) is 4.74 Å². The number of hydrogen-bond donors (Lipinski definition) is 1. The molecule has 11 heavy (non-hydrogen) atoms. The minimum atomic E-state index is -4.48. The number of cyclic esters (lactones) is 2. The molecule has 0 bridgehead atoms. The lowest BCUT2D eigenvalue weighted by Crippen LogP contribution is -2.24. The van der Waals surface area contributed by atoms with Crippen LogP contribution in [0, 0.1) is 0 Å². The van der Waals surface area contributed by atoms with Gasteiger partial charge in [0, 0.05) is 0 Å². The maximum absolute atomic E-state index is 10.4. The van der Waals surface area contributed by atoms with Gasteiger partial charge in [-0.2, -0.15) is 8.42 Å². The Kier molecular flexibility index (Phi) is 1.69. The maximum Gasteiger partial charge on any atom is 0.335 e. The number of esters is 2. The SMILES string of the molecule is O=C1CC(S(=O)(=O)O)C(=O)O1. The van der Waals surface area contributed by atoms with Gasteiger partial charge in [-0.3, -0.25) is 14.1 Å². The van der Waals surface area contributed by atoms with Gasteiger partial charge in [-0.1, -0.05) is 0 Å². The molecule has 1 rings (SSSR count). The molecule has 0 aromatic carbocycles. The molecular weight excluding hydrogens is 176 g/mol. The highest BCUT2D eigenvalue weighted by Crippen LogP contribution is 2.14. The minimum Gasteiger partial charge on any atom is -0.392 e. The van der Waals surface area contributed by atoms with Gasteiger partial charge in [0.25, 0.3) is 10.1 Å². The molecule has 1 fully saturated rings. The highest BCUT2D eigenvalue weighted by Gasteiger charge is 2.42. The van der Waals surface area contributed by atoms with Crippen LogP contribution in [-0.2, 0) is 24.4 Å². The van der Waals surface area contributed by atoms with Gasteiger partial charge in [-0.25, -0.2) is 0 Å². The molecule has 6 nitrogen and oxygen atoms in total. The predicted molar refractivity (Wildman–Crippen MR) is 31.1 cm³/mol. The summed E-state index contributed by atoms with van der Waals surface area (Å²) in [5.41, 5.74) is 0. The lowest BCUT2D eigenvalue weighted by molar-refractivity contribution is -0.151. The van der Waals surface area contributed by atoms with Crippen molar-refractivity contribution in [1.82, 2.24) is 0 Å². The zero-order chi connectivity index (χ0) is 8.65. The first-order valence-electron chi connectivity index (χ1n) is 2.62. The highest BCUT2D eigenvalue weighted by atomic mass is 32.2. The van der Waals surface area contributed by atoms with Gasteiger partial charge < -0.3 is 4.74 Å². The Labute approximate surface area is 61.9 Å². The Balaban J connectivity index is 2.94. The Morgan fingerprint density at radius 3 is 2.18 bits per heavy atom. The molecule has 0 saturated carbocycles. The van der Waals surface area contributed by atoms with Crippen molar-refractivity contribution in [3.05, 3.63) is 0 Å². The summed E-state index contributed by atoms with van der Waals surface area (Å²) in [5.74, 6) is -2.14. The quantitative estimate of drug-likeness (QED) is 0.306. The van der Waals surface area contributed by atoms with Crippen LogP contribution in [0.2, 0.25) is 0 Å². The Bertz CT molecular complexity index is 301. The fraction of sp³-hybridized carbons (Fsp3) is 0.500. The minimum absolute atomic E-state index is 0.600. The van der Waals surface area contributed by atoms with Gasteiger partial charge in [-0.05, 0) is 0 Å². The molecule has 1 aliphatic rings. The number of rotatable bonds is 1. The highest BCUT2D eigenvalue weighted by molar-refractivity contribution is 7.87. The molecule has 1 aliphatic heterocycles. The van der Waals surface area contributed by atoms with E-state index < -0.39 is 33.7 Å². The van der Waals surface area contributed by atoms with Crippen molar-refractivity contribution in [1.29, 1.82) is 0 Å². The number of hydrogen-bond acceptors (Lipinski definition) is 5.